The molecule has 0 saturated heterocycles. The number of carbonyl (C=O) groups is 2. The monoisotopic (exact) mass is 322 g/mol. The van der Waals surface area contributed by atoms with Gasteiger partial charge in [-0.2, -0.15) is 0 Å². The summed E-state index contributed by atoms with van der Waals surface area (Å²) in [6.45, 7) is 1.58. The van der Waals surface area contributed by atoms with Crippen LogP contribution >= 0.6 is 0 Å². The van der Waals surface area contributed by atoms with Gasteiger partial charge in [0, 0.05) is 17.7 Å². The van der Waals surface area contributed by atoms with Gasteiger partial charge in [0.2, 0.25) is 0 Å². The van der Waals surface area contributed by atoms with Crippen LogP contribution in [0.1, 0.15) is 6.92 Å². The van der Waals surface area contributed by atoms with Crippen molar-refractivity contribution in [2.24, 2.45) is 0 Å². The van der Waals surface area contributed by atoms with Crippen LogP contribution in [0.25, 0.3) is 10.9 Å². The second-order valence-electron chi connectivity index (χ2n) is 4.41. The summed E-state index contributed by atoms with van der Waals surface area (Å²) in [5.74, 6) is -4.49. The van der Waals surface area contributed by atoms with Crippen molar-refractivity contribution in [2.75, 3.05) is 11.9 Å². The molecule has 6 nitrogen and oxygen atoms in total. The number of carbonyl (C=O) groups excluding carboxylic acids is 1. The SMILES string of the molecule is CCOC(=O)C(=CNc1cnc2cc(F)c(F)cc2c1)C(=O)O. The number of carboxylic acid groups (broad SMARTS) is 1. The van der Waals surface area contributed by atoms with Crippen LogP contribution in [0.2, 0.25) is 0 Å². The number of ether oxygens (including phenoxy) is 1. The molecule has 0 radical (unpaired) electrons. The van der Waals surface area contributed by atoms with Gasteiger partial charge in [0.15, 0.2) is 17.2 Å². The summed E-state index contributed by atoms with van der Waals surface area (Å²) in [7, 11) is 0. The summed E-state index contributed by atoms with van der Waals surface area (Å²) >= 11 is 0. The number of nitrogens with one attached hydrogen (secondary N) is 1. The topological polar surface area (TPSA) is 88.5 Å². The number of nitrogens with zero attached hydrogens (tertiary/aromatic N) is 1. The number of hydrogen-bond donors (Lipinski definition) is 2. The van der Waals surface area contributed by atoms with Crippen molar-refractivity contribution in [1.82, 2.24) is 4.98 Å². The van der Waals surface area contributed by atoms with E-state index < -0.39 is 29.1 Å². The van der Waals surface area contributed by atoms with Gasteiger partial charge in [-0.15, -0.1) is 0 Å². The zero-order valence-electron chi connectivity index (χ0n) is 12.0. The molecule has 8 heteroatoms. The lowest BCUT2D eigenvalue weighted by Gasteiger charge is -2.06. The molecule has 0 bridgehead atoms. The fourth-order valence-corrected chi connectivity index (χ4v) is 1.77. The van der Waals surface area contributed by atoms with Crippen LogP contribution < -0.4 is 5.32 Å². The number of pyridine rings is 1. The Kier molecular flexibility index (Phi) is 4.85. The van der Waals surface area contributed by atoms with Crippen LogP contribution in [-0.2, 0) is 14.3 Å². The molecule has 0 saturated carbocycles. The summed E-state index contributed by atoms with van der Waals surface area (Å²) in [5.41, 5.74) is -0.0638. The average molecular weight is 322 g/mol. The summed E-state index contributed by atoms with van der Waals surface area (Å²) in [6, 6.07) is 3.35. The van der Waals surface area contributed by atoms with Crippen LogP contribution in [0.15, 0.2) is 36.2 Å². The van der Waals surface area contributed by atoms with Gasteiger partial charge in [-0.1, -0.05) is 0 Å². The molecule has 23 heavy (non-hydrogen) atoms. The van der Waals surface area contributed by atoms with Crippen molar-refractivity contribution in [1.29, 1.82) is 0 Å². The van der Waals surface area contributed by atoms with Gasteiger partial charge in [-0.25, -0.2) is 18.4 Å². The van der Waals surface area contributed by atoms with Crippen LogP contribution in [-0.4, -0.2) is 28.6 Å². The zero-order valence-corrected chi connectivity index (χ0v) is 12.0. The van der Waals surface area contributed by atoms with Gasteiger partial charge in [0.1, 0.15) is 0 Å². The molecule has 1 aromatic carbocycles. The molecule has 120 valence electrons. The highest BCUT2D eigenvalue weighted by Crippen LogP contribution is 2.20. The number of aromatic nitrogens is 1. The van der Waals surface area contributed by atoms with E-state index in [0.29, 0.717) is 11.1 Å². The largest absolute Gasteiger partial charge is 0.477 e. The van der Waals surface area contributed by atoms with E-state index in [9.17, 15) is 18.4 Å². The van der Waals surface area contributed by atoms with Gasteiger partial charge in [-0.05, 0) is 19.1 Å². The zero-order chi connectivity index (χ0) is 17.0. The third-order valence-corrected chi connectivity index (χ3v) is 2.83. The van der Waals surface area contributed by atoms with Crippen LogP contribution in [0.4, 0.5) is 14.5 Å². The van der Waals surface area contributed by atoms with E-state index in [0.717, 1.165) is 18.3 Å². The molecule has 0 atom stereocenters. The fraction of sp³-hybridized carbons (Fsp3) is 0.133. The first kappa shape index (κ1) is 16.3. The number of hydrogen-bond acceptors (Lipinski definition) is 5. The maximum Gasteiger partial charge on any atom is 0.347 e. The standard InChI is InChI=1S/C15H12F2N2O4/c1-2-23-15(22)10(14(20)21)7-18-9-3-8-4-11(16)12(17)5-13(8)19-6-9/h3-7,18H,2H2,1H3,(H,20,21). The molecule has 0 unspecified atom stereocenters. The van der Waals surface area contributed by atoms with Crippen molar-refractivity contribution in [3.05, 3.63) is 47.8 Å². The molecule has 0 spiro atoms. The van der Waals surface area contributed by atoms with Crippen LogP contribution in [0.5, 0.6) is 0 Å². The molecule has 2 rings (SSSR count). The lowest BCUT2D eigenvalue weighted by Crippen LogP contribution is -2.16. The predicted molar refractivity (Wildman–Crippen MR) is 77.6 cm³/mol. The average Bonchev–Trinajstić information content (AvgIpc) is 2.48. The van der Waals surface area contributed by atoms with Crippen molar-refractivity contribution in [2.45, 2.75) is 6.92 Å². The number of benzene rings is 1. The molecule has 0 aliphatic heterocycles. The lowest BCUT2D eigenvalue weighted by atomic mass is 10.2. The van der Waals surface area contributed by atoms with E-state index in [1.54, 1.807) is 6.92 Å². The highest BCUT2D eigenvalue weighted by atomic mass is 19.2. The minimum absolute atomic E-state index is 0.0336. The number of esters is 1. The number of carboxylic acids is 1. The molecular formula is C15H12F2N2O4. The Bertz CT molecular complexity index is 805. The van der Waals surface area contributed by atoms with Gasteiger partial charge in [-0.3, -0.25) is 4.98 Å². The second kappa shape index (κ2) is 6.82. The Labute approximate surface area is 129 Å². The van der Waals surface area contributed by atoms with E-state index in [1.165, 1.54) is 12.3 Å². The second-order valence-corrected chi connectivity index (χ2v) is 4.41. The first-order chi connectivity index (χ1) is 10.9. The number of halogens is 2. The highest BCUT2D eigenvalue weighted by molar-refractivity contribution is 6.13. The molecule has 0 amide bonds. The van der Waals surface area contributed by atoms with Gasteiger partial charge >= 0.3 is 11.9 Å². The van der Waals surface area contributed by atoms with Gasteiger partial charge in [0.05, 0.1) is 24.0 Å². The number of anilines is 1. The molecule has 0 aliphatic carbocycles. The maximum atomic E-state index is 13.2. The smallest absolute Gasteiger partial charge is 0.347 e. The van der Waals surface area contributed by atoms with E-state index in [4.69, 9.17) is 5.11 Å². The Morgan fingerprint density at radius 2 is 2.00 bits per heavy atom. The van der Waals surface area contributed by atoms with Crippen molar-refractivity contribution >= 4 is 28.5 Å². The minimum atomic E-state index is -1.46. The third-order valence-electron chi connectivity index (χ3n) is 2.83. The Morgan fingerprint density at radius 3 is 2.65 bits per heavy atom. The van der Waals surface area contributed by atoms with Crippen molar-refractivity contribution in [3.63, 3.8) is 0 Å². The Morgan fingerprint density at radius 1 is 1.30 bits per heavy atom. The van der Waals surface area contributed by atoms with Crippen LogP contribution in [0.3, 0.4) is 0 Å². The molecule has 2 aromatic rings. The van der Waals surface area contributed by atoms with Gasteiger partial charge < -0.3 is 15.2 Å². The maximum absolute atomic E-state index is 13.2. The minimum Gasteiger partial charge on any atom is -0.477 e. The van der Waals surface area contributed by atoms with E-state index in [1.807, 2.05) is 0 Å². The Balaban J connectivity index is 2.30. The summed E-state index contributed by atoms with van der Waals surface area (Å²) in [4.78, 5) is 26.4. The third kappa shape index (κ3) is 3.79. The molecule has 2 N–H and O–H groups in total. The molecule has 0 fully saturated rings. The predicted octanol–water partition coefficient (Wildman–Crippen LogP) is 2.46. The Hall–Kier alpha value is -3.03. The van der Waals surface area contributed by atoms with Crippen molar-refractivity contribution in [3.8, 4) is 0 Å². The molecular weight excluding hydrogens is 310 g/mol. The first-order valence-electron chi connectivity index (χ1n) is 6.54. The summed E-state index contributed by atoms with van der Waals surface area (Å²) in [5, 5.41) is 11.9. The van der Waals surface area contributed by atoms with Crippen LogP contribution in [0, 0.1) is 11.6 Å². The van der Waals surface area contributed by atoms with Gasteiger partial charge in [0.25, 0.3) is 0 Å². The summed E-state index contributed by atoms with van der Waals surface area (Å²) in [6.07, 6.45) is 2.24. The molecule has 1 aromatic heterocycles. The number of aliphatic carboxylic acids is 1. The normalized spacial score (nSPS) is 11.3. The summed E-state index contributed by atoms with van der Waals surface area (Å²) < 4.78 is 30.9. The number of fused-ring (bicyclic) bond motifs is 1. The molecule has 1 heterocycles. The molecule has 0 aliphatic rings. The first-order valence-corrected chi connectivity index (χ1v) is 6.54. The highest BCUT2D eigenvalue weighted by Gasteiger charge is 2.18. The van der Waals surface area contributed by atoms with E-state index in [2.05, 4.69) is 15.0 Å². The van der Waals surface area contributed by atoms with Crippen molar-refractivity contribution < 1.29 is 28.2 Å². The van der Waals surface area contributed by atoms with E-state index in [-0.39, 0.29) is 12.1 Å². The lowest BCUT2D eigenvalue weighted by molar-refractivity contribution is -0.143. The van der Waals surface area contributed by atoms with E-state index >= 15 is 0 Å². The number of rotatable bonds is 5. The fourth-order valence-electron chi connectivity index (χ4n) is 1.77. The quantitative estimate of drug-likeness (QED) is 0.380.